The van der Waals surface area contributed by atoms with Gasteiger partial charge in [-0.15, -0.1) is 0 Å². The first kappa shape index (κ1) is 22.0. The van der Waals surface area contributed by atoms with Crippen molar-refractivity contribution in [2.24, 2.45) is 0 Å². The zero-order valence-electron chi connectivity index (χ0n) is 15.9. The minimum Gasteiger partial charge on any atom is -0.456 e. The van der Waals surface area contributed by atoms with Gasteiger partial charge in [-0.05, 0) is 55.4 Å². The van der Waals surface area contributed by atoms with Crippen LogP contribution in [-0.4, -0.2) is 48.0 Å². The number of nitrogens with one attached hydrogen (secondary N) is 2. The van der Waals surface area contributed by atoms with Gasteiger partial charge in [0.05, 0.1) is 6.54 Å². The zero-order valence-corrected chi connectivity index (χ0v) is 15.9. The first-order valence-electron chi connectivity index (χ1n) is 7.75. The Morgan fingerprint density at radius 1 is 0.708 bits per heavy atom. The number of hydrogen-bond acceptors (Lipinski definition) is 6. The molecule has 0 aliphatic rings. The molecule has 0 radical (unpaired) electrons. The first-order chi connectivity index (χ1) is 10.6. The molecular weight excluding hydrogens is 316 g/mol. The summed E-state index contributed by atoms with van der Waals surface area (Å²) in [5.74, 6) is -0.642. The Balaban J connectivity index is 4.23. The van der Waals surface area contributed by atoms with E-state index in [1.54, 1.807) is 55.4 Å². The molecule has 0 aromatic heterocycles. The van der Waals surface area contributed by atoms with Crippen LogP contribution in [-0.2, 0) is 19.0 Å². The summed E-state index contributed by atoms with van der Waals surface area (Å²) >= 11 is 0. The highest BCUT2D eigenvalue weighted by atomic mass is 16.6. The van der Waals surface area contributed by atoms with Crippen molar-refractivity contribution in [2.45, 2.75) is 72.2 Å². The number of carbonyl (C=O) groups is 3. The summed E-state index contributed by atoms with van der Waals surface area (Å²) in [5.41, 5.74) is -2.21. The van der Waals surface area contributed by atoms with Crippen LogP contribution >= 0.6 is 0 Å². The van der Waals surface area contributed by atoms with Crippen LogP contribution in [0, 0.1) is 0 Å². The van der Waals surface area contributed by atoms with E-state index in [1.807, 2.05) is 0 Å². The van der Waals surface area contributed by atoms with Crippen LogP contribution in [0.4, 0.5) is 9.59 Å². The molecule has 24 heavy (non-hydrogen) atoms. The zero-order chi connectivity index (χ0) is 19.2. The van der Waals surface area contributed by atoms with Gasteiger partial charge >= 0.3 is 18.2 Å². The molecule has 0 aromatic carbocycles. The summed E-state index contributed by atoms with van der Waals surface area (Å²) in [4.78, 5) is 34.8. The third-order valence-electron chi connectivity index (χ3n) is 2.22. The molecule has 0 saturated heterocycles. The Morgan fingerprint density at radius 2 is 1.12 bits per heavy atom. The topological polar surface area (TPSA) is 103 Å². The molecule has 0 unspecified atom stereocenters. The summed E-state index contributed by atoms with van der Waals surface area (Å²) < 4.78 is 15.3. The van der Waals surface area contributed by atoms with E-state index < -0.39 is 35.0 Å². The lowest BCUT2D eigenvalue weighted by Gasteiger charge is -2.27. The highest BCUT2D eigenvalue weighted by Crippen LogP contribution is 2.10. The van der Waals surface area contributed by atoms with Crippen molar-refractivity contribution >= 4 is 18.2 Å². The third-order valence-corrected chi connectivity index (χ3v) is 2.22. The van der Waals surface area contributed by atoms with Gasteiger partial charge < -0.3 is 24.8 Å². The molecular formula is C16H30N2O6. The molecule has 0 atom stereocenters. The van der Waals surface area contributed by atoms with Crippen LogP contribution in [0.5, 0.6) is 0 Å². The Kier molecular flexibility index (Phi) is 7.53. The number of esters is 1. The molecule has 0 rings (SSSR count). The van der Waals surface area contributed by atoms with E-state index in [0.717, 1.165) is 0 Å². The average Bonchev–Trinajstić information content (AvgIpc) is 2.29. The maximum absolute atomic E-state index is 11.8. The van der Waals surface area contributed by atoms with E-state index >= 15 is 0 Å². The molecule has 8 heteroatoms. The van der Waals surface area contributed by atoms with Crippen molar-refractivity contribution in [3.05, 3.63) is 0 Å². The second-order valence-corrected chi connectivity index (χ2v) is 7.94. The van der Waals surface area contributed by atoms with E-state index in [2.05, 4.69) is 10.6 Å². The molecule has 0 saturated carbocycles. The summed E-state index contributed by atoms with van der Waals surface area (Å²) in [6, 6.07) is 0. The van der Waals surface area contributed by atoms with Crippen LogP contribution in [0.3, 0.4) is 0 Å². The Hall–Kier alpha value is -1.99. The minimum atomic E-state index is -0.955. The van der Waals surface area contributed by atoms with Gasteiger partial charge in [-0.3, -0.25) is 4.79 Å². The van der Waals surface area contributed by atoms with E-state index in [0.29, 0.717) is 0 Å². The van der Waals surface area contributed by atoms with Crippen LogP contribution in [0.15, 0.2) is 0 Å². The van der Waals surface area contributed by atoms with E-state index in [9.17, 15) is 14.4 Å². The number of amides is 2. The number of rotatable bonds is 5. The quantitative estimate of drug-likeness (QED) is 0.585. The predicted molar refractivity (Wildman–Crippen MR) is 88.6 cm³/mol. The van der Waals surface area contributed by atoms with Crippen LogP contribution in [0.1, 0.15) is 55.4 Å². The van der Waals surface area contributed by atoms with Crippen LogP contribution in [0.2, 0.25) is 0 Å². The highest BCUT2D eigenvalue weighted by molar-refractivity contribution is 5.78. The van der Waals surface area contributed by atoms with Gasteiger partial charge in [0.15, 0.2) is 0 Å². The summed E-state index contributed by atoms with van der Waals surface area (Å²) in [6.07, 6.45) is -1.30. The fraction of sp³-hybridized carbons (Fsp3) is 0.812. The predicted octanol–water partition coefficient (Wildman–Crippen LogP) is 2.36. The Morgan fingerprint density at radius 3 is 1.54 bits per heavy atom. The Bertz CT molecular complexity index is 460. The van der Waals surface area contributed by atoms with Crippen molar-refractivity contribution in [1.82, 2.24) is 10.6 Å². The highest BCUT2D eigenvalue weighted by Gasteiger charge is 2.26. The van der Waals surface area contributed by atoms with Gasteiger partial charge in [0.2, 0.25) is 0 Å². The molecule has 0 aliphatic carbocycles. The number of hydrogen-bond donors (Lipinski definition) is 2. The lowest BCUT2D eigenvalue weighted by atomic mass is 10.1. The van der Waals surface area contributed by atoms with Crippen molar-refractivity contribution in [1.29, 1.82) is 0 Å². The van der Waals surface area contributed by atoms with Crippen molar-refractivity contribution < 1.29 is 28.6 Å². The van der Waals surface area contributed by atoms with Crippen LogP contribution in [0.25, 0.3) is 0 Å². The van der Waals surface area contributed by atoms with Gasteiger partial charge in [-0.2, -0.15) is 0 Å². The molecule has 0 bridgehead atoms. The van der Waals surface area contributed by atoms with Gasteiger partial charge in [-0.25, -0.2) is 9.59 Å². The van der Waals surface area contributed by atoms with E-state index in [-0.39, 0.29) is 13.1 Å². The van der Waals surface area contributed by atoms with Gasteiger partial charge in [0.1, 0.15) is 23.3 Å². The SMILES string of the molecule is CC(C)(C)OC(=O)NCC(=O)OC(C)(C)CNC(=O)OC(C)(C)C. The average molecular weight is 346 g/mol. The second kappa shape index (κ2) is 8.21. The molecule has 8 nitrogen and oxygen atoms in total. The Labute approximate surface area is 143 Å². The number of ether oxygens (including phenoxy) is 3. The summed E-state index contributed by atoms with van der Waals surface area (Å²) in [6.45, 7) is 13.4. The third kappa shape index (κ3) is 12.5. The lowest BCUT2D eigenvalue weighted by molar-refractivity contribution is -0.154. The smallest absolute Gasteiger partial charge is 0.408 e. The van der Waals surface area contributed by atoms with Crippen molar-refractivity contribution in [3.63, 3.8) is 0 Å². The molecule has 2 N–H and O–H groups in total. The van der Waals surface area contributed by atoms with Crippen LogP contribution < -0.4 is 10.6 Å². The van der Waals surface area contributed by atoms with Crippen molar-refractivity contribution in [3.8, 4) is 0 Å². The standard InChI is InChI=1S/C16H30N2O6/c1-14(2,3)23-12(20)17-9-11(19)22-16(7,8)10-18-13(21)24-15(4,5)6/h9-10H2,1-8H3,(H,17,20)(H,18,21). The number of carbonyl (C=O) groups excluding carboxylic acids is 3. The molecule has 0 fully saturated rings. The summed E-state index contributed by atoms with van der Waals surface area (Å²) in [7, 11) is 0. The second-order valence-electron chi connectivity index (χ2n) is 7.94. The normalized spacial score (nSPS) is 12.2. The number of alkyl carbamates (subject to hydrolysis) is 2. The maximum Gasteiger partial charge on any atom is 0.408 e. The fourth-order valence-electron chi connectivity index (χ4n) is 1.44. The molecule has 2 amide bonds. The van der Waals surface area contributed by atoms with E-state index in [1.165, 1.54) is 0 Å². The van der Waals surface area contributed by atoms with Gasteiger partial charge in [0, 0.05) is 0 Å². The molecule has 0 aromatic rings. The molecule has 0 aliphatic heterocycles. The minimum absolute atomic E-state index is 0.0695. The van der Waals surface area contributed by atoms with E-state index in [4.69, 9.17) is 14.2 Å². The van der Waals surface area contributed by atoms with Gasteiger partial charge in [-0.1, -0.05) is 0 Å². The lowest BCUT2D eigenvalue weighted by Crippen LogP contribution is -2.45. The summed E-state index contributed by atoms with van der Waals surface area (Å²) in [5, 5.41) is 4.84. The largest absolute Gasteiger partial charge is 0.456 e. The fourth-order valence-corrected chi connectivity index (χ4v) is 1.44. The molecule has 0 heterocycles. The van der Waals surface area contributed by atoms with Gasteiger partial charge in [0.25, 0.3) is 0 Å². The van der Waals surface area contributed by atoms with Crippen molar-refractivity contribution in [2.75, 3.05) is 13.1 Å². The maximum atomic E-state index is 11.8. The first-order valence-corrected chi connectivity index (χ1v) is 7.75. The monoisotopic (exact) mass is 346 g/mol. The molecule has 140 valence electrons. The molecule has 0 spiro atoms.